The molecule has 1 N–H and O–H groups in total. The molecule has 2 amide bonds. The highest BCUT2D eigenvalue weighted by Crippen LogP contribution is 2.52. The molecule has 1 fully saturated rings. The average molecular weight is 348 g/mol. The Bertz CT molecular complexity index is 617. The number of nitrogens with one attached hydrogen (secondary N) is 1. The van der Waals surface area contributed by atoms with Crippen molar-refractivity contribution in [3.8, 4) is 0 Å². The van der Waals surface area contributed by atoms with Crippen LogP contribution in [0.25, 0.3) is 0 Å². The summed E-state index contributed by atoms with van der Waals surface area (Å²) in [7, 11) is 1.34. The Hall–Kier alpha value is -2.08. The van der Waals surface area contributed by atoms with Gasteiger partial charge in [-0.1, -0.05) is 32.0 Å². The number of rotatable bonds is 6. The number of urea groups is 1. The zero-order valence-corrected chi connectivity index (χ0v) is 15.7. The molecule has 138 valence electrons. The lowest BCUT2D eigenvalue weighted by Crippen LogP contribution is -2.77. The van der Waals surface area contributed by atoms with Crippen molar-refractivity contribution < 1.29 is 19.1 Å². The lowest BCUT2D eigenvalue weighted by Gasteiger charge is -2.58. The molecule has 0 bridgehead atoms. The second-order valence-electron chi connectivity index (χ2n) is 6.78. The van der Waals surface area contributed by atoms with E-state index in [0.29, 0.717) is 19.6 Å². The van der Waals surface area contributed by atoms with E-state index in [9.17, 15) is 9.59 Å². The lowest BCUT2D eigenvalue weighted by atomic mass is 9.54. The Kier molecular flexibility index (Phi) is 5.72. The van der Waals surface area contributed by atoms with E-state index in [-0.39, 0.29) is 12.1 Å². The molecule has 0 spiro atoms. The molecular weight excluding hydrogens is 320 g/mol. The van der Waals surface area contributed by atoms with Gasteiger partial charge >= 0.3 is 12.0 Å². The quantitative estimate of drug-likeness (QED) is 0.803. The van der Waals surface area contributed by atoms with Crippen LogP contribution < -0.4 is 10.2 Å². The highest BCUT2D eigenvalue weighted by Gasteiger charge is 2.67. The average Bonchev–Trinajstić information content (AvgIpc) is 2.61. The number of hydrogen-bond acceptors (Lipinski definition) is 4. The van der Waals surface area contributed by atoms with E-state index in [4.69, 9.17) is 9.47 Å². The monoisotopic (exact) mass is 348 g/mol. The van der Waals surface area contributed by atoms with E-state index in [1.807, 2.05) is 58.0 Å². The number of para-hydroxylation sites is 1. The van der Waals surface area contributed by atoms with Crippen molar-refractivity contribution in [3.63, 3.8) is 0 Å². The first kappa shape index (κ1) is 19.2. The van der Waals surface area contributed by atoms with Crippen LogP contribution >= 0.6 is 0 Å². The molecule has 0 saturated heterocycles. The molecule has 6 nitrogen and oxygen atoms in total. The minimum absolute atomic E-state index is 0.108. The summed E-state index contributed by atoms with van der Waals surface area (Å²) in [6.45, 7) is 8.71. The molecule has 2 atom stereocenters. The van der Waals surface area contributed by atoms with Gasteiger partial charge in [-0.3, -0.25) is 4.90 Å². The van der Waals surface area contributed by atoms with Crippen LogP contribution in [0, 0.1) is 5.41 Å². The third-order valence-electron chi connectivity index (χ3n) is 5.25. The van der Waals surface area contributed by atoms with Gasteiger partial charge in [-0.05, 0) is 26.0 Å². The summed E-state index contributed by atoms with van der Waals surface area (Å²) in [5.74, 6) is -0.439. The van der Waals surface area contributed by atoms with Crippen LogP contribution in [-0.2, 0) is 14.3 Å². The molecule has 0 heterocycles. The zero-order valence-electron chi connectivity index (χ0n) is 15.7. The smallest absolute Gasteiger partial charge is 0.332 e. The Morgan fingerprint density at radius 1 is 1.24 bits per heavy atom. The Balaban J connectivity index is 2.26. The van der Waals surface area contributed by atoms with Crippen molar-refractivity contribution >= 4 is 17.7 Å². The molecule has 25 heavy (non-hydrogen) atoms. The van der Waals surface area contributed by atoms with Crippen molar-refractivity contribution in [2.24, 2.45) is 5.41 Å². The molecule has 1 aromatic carbocycles. The van der Waals surface area contributed by atoms with Crippen LogP contribution in [0.3, 0.4) is 0 Å². The maximum atomic E-state index is 12.9. The largest absolute Gasteiger partial charge is 0.467 e. The third-order valence-corrected chi connectivity index (χ3v) is 5.25. The highest BCUT2D eigenvalue weighted by molar-refractivity contribution is 5.97. The Morgan fingerprint density at radius 3 is 2.36 bits per heavy atom. The fraction of sp³-hybridized carbons (Fsp3) is 0.579. The van der Waals surface area contributed by atoms with Crippen LogP contribution in [0.4, 0.5) is 10.5 Å². The maximum Gasteiger partial charge on any atom is 0.332 e. The predicted octanol–water partition coefficient (Wildman–Crippen LogP) is 2.97. The number of esters is 1. The number of carbonyl (C=O) groups excluding carboxylic acids is 2. The molecule has 6 heteroatoms. The molecule has 0 unspecified atom stereocenters. The van der Waals surface area contributed by atoms with E-state index >= 15 is 0 Å². The van der Waals surface area contributed by atoms with Crippen LogP contribution in [0.2, 0.25) is 0 Å². The fourth-order valence-corrected chi connectivity index (χ4v) is 3.49. The molecule has 1 saturated carbocycles. The summed E-state index contributed by atoms with van der Waals surface area (Å²) in [6.07, 6.45) is 0.294. The first-order chi connectivity index (χ1) is 11.8. The van der Waals surface area contributed by atoms with Crippen molar-refractivity contribution in [1.82, 2.24) is 5.32 Å². The van der Waals surface area contributed by atoms with Crippen LogP contribution in [0.1, 0.15) is 34.1 Å². The van der Waals surface area contributed by atoms with E-state index in [1.54, 1.807) is 4.90 Å². The number of nitrogens with zero attached hydrogens (tertiary/aromatic N) is 1. The van der Waals surface area contributed by atoms with Crippen molar-refractivity contribution in [1.29, 1.82) is 0 Å². The van der Waals surface area contributed by atoms with E-state index < -0.39 is 16.9 Å². The number of carbonyl (C=O) groups is 2. The molecule has 1 aromatic rings. The number of methoxy groups -OCH3 is 1. The zero-order chi connectivity index (χ0) is 18.7. The summed E-state index contributed by atoms with van der Waals surface area (Å²) in [5, 5.41) is 2.94. The van der Waals surface area contributed by atoms with Gasteiger partial charge in [-0.25, -0.2) is 9.59 Å². The number of anilines is 1. The molecule has 0 radical (unpaired) electrons. The number of ether oxygens (including phenoxy) is 2. The molecule has 0 aliphatic heterocycles. The highest BCUT2D eigenvalue weighted by atomic mass is 16.5. The molecule has 1 aliphatic rings. The van der Waals surface area contributed by atoms with E-state index in [0.717, 1.165) is 5.69 Å². The van der Waals surface area contributed by atoms with Crippen molar-refractivity contribution in [2.75, 3.05) is 25.2 Å². The number of amides is 2. The maximum absolute atomic E-state index is 12.9. The molecule has 2 rings (SSSR count). The minimum atomic E-state index is -1.10. The first-order valence-electron chi connectivity index (χ1n) is 8.68. The van der Waals surface area contributed by atoms with Crippen LogP contribution in [-0.4, -0.2) is 43.9 Å². The summed E-state index contributed by atoms with van der Waals surface area (Å²) in [6, 6.07) is 9.06. The molecule has 0 aromatic heterocycles. The lowest BCUT2D eigenvalue weighted by molar-refractivity contribution is -0.193. The van der Waals surface area contributed by atoms with E-state index in [2.05, 4.69) is 5.32 Å². The minimum Gasteiger partial charge on any atom is -0.467 e. The van der Waals surface area contributed by atoms with E-state index in [1.165, 1.54) is 7.11 Å². The standard InChI is InChI=1S/C19H28N2O4/c1-6-21(14-11-9-8-10-12-14)17(23)20-19(16(22)24-5)13-15(25-7-2)18(19,3)4/h8-12,15H,6-7,13H2,1-5H3,(H,20,23)/t15-,19-/m1/s1. The third kappa shape index (κ3) is 3.23. The van der Waals surface area contributed by atoms with Gasteiger partial charge in [0, 0.05) is 30.7 Å². The van der Waals surface area contributed by atoms with Gasteiger partial charge in [-0.15, -0.1) is 0 Å². The fourth-order valence-electron chi connectivity index (χ4n) is 3.49. The number of hydrogen-bond donors (Lipinski definition) is 1. The van der Waals surface area contributed by atoms with Gasteiger partial charge in [0.15, 0.2) is 0 Å². The van der Waals surface area contributed by atoms with Gasteiger partial charge in [0.2, 0.25) is 0 Å². The summed E-state index contributed by atoms with van der Waals surface area (Å²) < 4.78 is 10.7. The molecular formula is C19H28N2O4. The second kappa shape index (κ2) is 7.44. The van der Waals surface area contributed by atoms with Gasteiger partial charge < -0.3 is 14.8 Å². The van der Waals surface area contributed by atoms with Crippen molar-refractivity contribution in [3.05, 3.63) is 30.3 Å². The Labute approximate surface area is 149 Å². The second-order valence-corrected chi connectivity index (χ2v) is 6.78. The predicted molar refractivity (Wildman–Crippen MR) is 96.6 cm³/mol. The summed E-state index contributed by atoms with van der Waals surface area (Å²) in [5.41, 5.74) is -0.885. The summed E-state index contributed by atoms with van der Waals surface area (Å²) >= 11 is 0. The van der Waals surface area contributed by atoms with Gasteiger partial charge in [-0.2, -0.15) is 0 Å². The van der Waals surface area contributed by atoms with Crippen LogP contribution in [0.5, 0.6) is 0 Å². The molecule has 1 aliphatic carbocycles. The first-order valence-corrected chi connectivity index (χ1v) is 8.68. The SMILES string of the molecule is CCO[C@@H]1C[C@@](NC(=O)N(CC)c2ccccc2)(C(=O)OC)C1(C)C. The Morgan fingerprint density at radius 2 is 1.88 bits per heavy atom. The van der Waals surface area contributed by atoms with Crippen LogP contribution in [0.15, 0.2) is 30.3 Å². The van der Waals surface area contributed by atoms with Gasteiger partial charge in [0.1, 0.15) is 5.54 Å². The van der Waals surface area contributed by atoms with Gasteiger partial charge in [0.25, 0.3) is 0 Å². The topological polar surface area (TPSA) is 67.9 Å². The van der Waals surface area contributed by atoms with Crippen molar-refractivity contribution in [2.45, 2.75) is 45.8 Å². The van der Waals surface area contributed by atoms with Gasteiger partial charge in [0.05, 0.1) is 13.2 Å². The summed E-state index contributed by atoms with van der Waals surface area (Å²) in [4.78, 5) is 27.1. The number of benzene rings is 1. The normalized spacial score (nSPS) is 24.1.